The van der Waals surface area contributed by atoms with E-state index in [0.717, 1.165) is 13.1 Å². The second kappa shape index (κ2) is 6.70. The molecule has 4 nitrogen and oxygen atoms in total. The smallest absolute Gasteiger partial charge is 0.255 e. The molecule has 1 heterocycles. The van der Waals surface area contributed by atoms with Crippen molar-refractivity contribution in [2.75, 3.05) is 33.2 Å². The summed E-state index contributed by atoms with van der Waals surface area (Å²) >= 11 is 0. The predicted octanol–water partition coefficient (Wildman–Crippen LogP) is 0.912. The van der Waals surface area contributed by atoms with Crippen LogP contribution in [0.3, 0.4) is 0 Å². The summed E-state index contributed by atoms with van der Waals surface area (Å²) in [5, 5.41) is 0. The van der Waals surface area contributed by atoms with Gasteiger partial charge in [-0.05, 0) is 32.2 Å². The van der Waals surface area contributed by atoms with E-state index in [0.29, 0.717) is 17.7 Å². The van der Waals surface area contributed by atoms with E-state index < -0.39 is 5.82 Å². The minimum atomic E-state index is -0.403. The molecule has 0 saturated carbocycles. The molecule has 1 unspecified atom stereocenters. The standard InChI is InChI=1S/C16H20FN3O/c1-12-11-19(2)8-9-20(12)16(21)15-6-5-14(17)10-13(15)4-3-7-18/h5-6,10,12H,7-9,11,18H2,1-2H3. The van der Waals surface area contributed by atoms with Gasteiger partial charge in [-0.15, -0.1) is 0 Å². The Morgan fingerprint density at radius 3 is 2.90 bits per heavy atom. The van der Waals surface area contributed by atoms with Crippen LogP contribution in [-0.2, 0) is 0 Å². The van der Waals surface area contributed by atoms with Gasteiger partial charge in [-0.3, -0.25) is 4.79 Å². The molecule has 1 aliphatic rings. The molecule has 0 aromatic heterocycles. The predicted molar refractivity (Wildman–Crippen MR) is 80.3 cm³/mol. The molecule has 112 valence electrons. The fraction of sp³-hybridized carbons (Fsp3) is 0.438. The van der Waals surface area contributed by atoms with E-state index in [2.05, 4.69) is 16.7 Å². The summed E-state index contributed by atoms with van der Waals surface area (Å²) in [7, 11) is 2.04. The van der Waals surface area contributed by atoms with Crippen molar-refractivity contribution in [1.82, 2.24) is 9.80 Å². The third-order valence-corrected chi connectivity index (χ3v) is 3.63. The Labute approximate surface area is 124 Å². The first-order chi connectivity index (χ1) is 10.0. The van der Waals surface area contributed by atoms with Crippen molar-refractivity contribution in [3.63, 3.8) is 0 Å². The maximum Gasteiger partial charge on any atom is 0.255 e. The summed E-state index contributed by atoms with van der Waals surface area (Å²) in [4.78, 5) is 16.7. The molecule has 0 aliphatic carbocycles. The van der Waals surface area contributed by atoms with E-state index >= 15 is 0 Å². The Balaban J connectivity index is 2.30. The Bertz CT molecular complexity index is 591. The van der Waals surface area contributed by atoms with E-state index in [9.17, 15) is 9.18 Å². The van der Waals surface area contributed by atoms with Crippen LogP contribution in [-0.4, -0.2) is 55.0 Å². The molecule has 1 aromatic rings. The number of likely N-dealkylation sites (N-methyl/N-ethyl adjacent to an activating group) is 1. The highest BCUT2D eigenvalue weighted by molar-refractivity contribution is 5.97. The summed E-state index contributed by atoms with van der Waals surface area (Å²) < 4.78 is 13.4. The lowest BCUT2D eigenvalue weighted by Crippen LogP contribution is -2.52. The highest BCUT2D eigenvalue weighted by Crippen LogP contribution is 2.17. The molecule has 1 aliphatic heterocycles. The highest BCUT2D eigenvalue weighted by Gasteiger charge is 2.27. The summed E-state index contributed by atoms with van der Waals surface area (Å²) in [5.41, 5.74) is 6.19. The van der Waals surface area contributed by atoms with Gasteiger partial charge in [0.1, 0.15) is 5.82 Å². The largest absolute Gasteiger partial charge is 0.333 e. The van der Waals surface area contributed by atoms with Gasteiger partial charge in [0, 0.05) is 31.2 Å². The van der Waals surface area contributed by atoms with Gasteiger partial charge >= 0.3 is 0 Å². The van der Waals surface area contributed by atoms with Gasteiger partial charge < -0.3 is 15.5 Å². The van der Waals surface area contributed by atoms with E-state index in [1.807, 2.05) is 18.9 Å². The number of amides is 1. The maximum atomic E-state index is 13.4. The lowest BCUT2D eigenvalue weighted by molar-refractivity contribution is 0.0533. The number of hydrogen-bond donors (Lipinski definition) is 1. The summed E-state index contributed by atoms with van der Waals surface area (Å²) in [6.07, 6.45) is 0. The van der Waals surface area contributed by atoms with E-state index in [-0.39, 0.29) is 18.5 Å². The molecule has 1 aromatic carbocycles. The lowest BCUT2D eigenvalue weighted by Gasteiger charge is -2.38. The van der Waals surface area contributed by atoms with Gasteiger partial charge in [0.2, 0.25) is 0 Å². The van der Waals surface area contributed by atoms with Crippen molar-refractivity contribution in [3.8, 4) is 11.8 Å². The highest BCUT2D eigenvalue weighted by atomic mass is 19.1. The molecule has 2 rings (SSSR count). The van der Waals surface area contributed by atoms with Crippen LogP contribution in [0.2, 0.25) is 0 Å². The Kier molecular flexibility index (Phi) is 4.94. The molecule has 0 radical (unpaired) electrons. The average Bonchev–Trinajstić information content (AvgIpc) is 2.44. The van der Waals surface area contributed by atoms with Crippen molar-refractivity contribution in [1.29, 1.82) is 0 Å². The number of benzene rings is 1. The number of nitrogens with zero attached hydrogens (tertiary/aromatic N) is 2. The molecule has 1 amide bonds. The van der Waals surface area contributed by atoms with Crippen LogP contribution < -0.4 is 5.73 Å². The normalized spacial score (nSPS) is 19.0. The fourth-order valence-electron chi connectivity index (χ4n) is 2.55. The zero-order valence-electron chi connectivity index (χ0n) is 12.4. The number of rotatable bonds is 1. The molecule has 1 fully saturated rings. The molecular weight excluding hydrogens is 269 g/mol. The van der Waals surface area contributed by atoms with Crippen molar-refractivity contribution < 1.29 is 9.18 Å². The SMILES string of the molecule is CC1CN(C)CCN1C(=O)c1ccc(F)cc1C#CCN. The first-order valence-corrected chi connectivity index (χ1v) is 7.01. The number of nitrogens with two attached hydrogens (primary N) is 1. The Morgan fingerprint density at radius 2 is 2.24 bits per heavy atom. The monoisotopic (exact) mass is 289 g/mol. The first kappa shape index (κ1) is 15.5. The Hall–Kier alpha value is -1.90. The summed E-state index contributed by atoms with van der Waals surface area (Å²) in [6, 6.07) is 4.21. The van der Waals surface area contributed by atoms with Crippen molar-refractivity contribution >= 4 is 5.91 Å². The Morgan fingerprint density at radius 1 is 1.48 bits per heavy atom. The topological polar surface area (TPSA) is 49.6 Å². The van der Waals surface area contributed by atoms with Gasteiger partial charge in [-0.2, -0.15) is 0 Å². The molecule has 0 bridgehead atoms. The number of carbonyl (C=O) groups excluding carboxylic acids is 1. The van der Waals surface area contributed by atoms with Gasteiger partial charge in [0.05, 0.1) is 12.1 Å². The molecule has 1 saturated heterocycles. The third-order valence-electron chi connectivity index (χ3n) is 3.63. The maximum absolute atomic E-state index is 13.4. The van der Waals surface area contributed by atoms with Gasteiger partial charge in [-0.1, -0.05) is 11.8 Å². The second-order valence-corrected chi connectivity index (χ2v) is 5.31. The van der Waals surface area contributed by atoms with Gasteiger partial charge in [0.25, 0.3) is 5.91 Å². The third kappa shape index (κ3) is 3.60. The van der Waals surface area contributed by atoms with E-state index in [1.54, 1.807) is 0 Å². The zero-order chi connectivity index (χ0) is 15.4. The number of hydrogen-bond acceptors (Lipinski definition) is 3. The lowest BCUT2D eigenvalue weighted by atomic mass is 10.0. The minimum Gasteiger partial charge on any atom is -0.333 e. The van der Waals surface area contributed by atoms with Crippen LogP contribution in [0, 0.1) is 17.7 Å². The first-order valence-electron chi connectivity index (χ1n) is 7.01. The summed E-state index contributed by atoms with van der Waals surface area (Å²) in [6.45, 7) is 4.52. The summed E-state index contributed by atoms with van der Waals surface area (Å²) in [5.74, 6) is 4.96. The van der Waals surface area contributed by atoms with Crippen LogP contribution in [0.5, 0.6) is 0 Å². The number of halogens is 1. The van der Waals surface area contributed by atoms with Crippen LogP contribution in [0.25, 0.3) is 0 Å². The van der Waals surface area contributed by atoms with Crippen molar-refractivity contribution in [2.45, 2.75) is 13.0 Å². The fourth-order valence-corrected chi connectivity index (χ4v) is 2.55. The number of carbonyl (C=O) groups is 1. The zero-order valence-corrected chi connectivity index (χ0v) is 12.4. The molecule has 5 heteroatoms. The molecule has 1 atom stereocenters. The number of piperazine rings is 1. The van der Waals surface area contributed by atoms with Crippen LogP contribution in [0.1, 0.15) is 22.8 Å². The quantitative estimate of drug-likeness (QED) is 0.782. The van der Waals surface area contributed by atoms with Crippen molar-refractivity contribution in [3.05, 3.63) is 35.1 Å². The van der Waals surface area contributed by atoms with Crippen LogP contribution in [0.4, 0.5) is 4.39 Å². The molecular formula is C16H20FN3O. The van der Waals surface area contributed by atoms with E-state index in [1.165, 1.54) is 18.2 Å². The minimum absolute atomic E-state index is 0.100. The molecule has 0 spiro atoms. The molecule has 21 heavy (non-hydrogen) atoms. The van der Waals surface area contributed by atoms with Crippen molar-refractivity contribution in [2.24, 2.45) is 5.73 Å². The second-order valence-electron chi connectivity index (χ2n) is 5.31. The van der Waals surface area contributed by atoms with Crippen LogP contribution in [0.15, 0.2) is 18.2 Å². The van der Waals surface area contributed by atoms with E-state index in [4.69, 9.17) is 5.73 Å². The average molecular weight is 289 g/mol. The van der Waals surface area contributed by atoms with Gasteiger partial charge in [-0.25, -0.2) is 4.39 Å². The van der Waals surface area contributed by atoms with Crippen LogP contribution >= 0.6 is 0 Å². The van der Waals surface area contributed by atoms with Gasteiger partial charge in [0.15, 0.2) is 0 Å². The molecule has 2 N–H and O–H groups in total.